The molecule has 0 saturated heterocycles. The SMILES string of the molecule is Cn1nnc(Cn2c(CC(N)=S)nc3ccccc32)n1. The Hall–Kier alpha value is -2.35. The molecule has 7 nitrogen and oxygen atoms in total. The summed E-state index contributed by atoms with van der Waals surface area (Å²) in [5, 5.41) is 12.0. The van der Waals surface area contributed by atoms with E-state index in [9.17, 15) is 0 Å². The summed E-state index contributed by atoms with van der Waals surface area (Å²) in [7, 11) is 1.73. The van der Waals surface area contributed by atoms with E-state index in [1.54, 1.807) is 7.05 Å². The van der Waals surface area contributed by atoms with Crippen LogP contribution in [0.25, 0.3) is 11.0 Å². The highest BCUT2D eigenvalue weighted by Crippen LogP contribution is 2.17. The predicted molar refractivity (Wildman–Crippen MR) is 78.1 cm³/mol. The number of benzene rings is 1. The van der Waals surface area contributed by atoms with Crippen molar-refractivity contribution in [2.75, 3.05) is 0 Å². The van der Waals surface area contributed by atoms with Crippen molar-refractivity contribution in [1.29, 1.82) is 0 Å². The molecule has 2 aromatic heterocycles. The summed E-state index contributed by atoms with van der Waals surface area (Å²) in [6.45, 7) is 0.492. The van der Waals surface area contributed by atoms with Gasteiger partial charge in [0.1, 0.15) is 5.82 Å². The number of tetrazole rings is 1. The third kappa shape index (κ3) is 2.37. The van der Waals surface area contributed by atoms with Crippen LogP contribution in [0.3, 0.4) is 0 Å². The Balaban J connectivity index is 2.08. The summed E-state index contributed by atoms with van der Waals surface area (Å²) in [5.41, 5.74) is 7.55. The van der Waals surface area contributed by atoms with Crippen molar-refractivity contribution in [2.45, 2.75) is 13.0 Å². The normalized spacial score (nSPS) is 11.1. The van der Waals surface area contributed by atoms with Gasteiger partial charge in [0.05, 0.1) is 36.0 Å². The minimum absolute atomic E-state index is 0.411. The van der Waals surface area contributed by atoms with Crippen molar-refractivity contribution < 1.29 is 0 Å². The lowest BCUT2D eigenvalue weighted by atomic mass is 10.3. The second kappa shape index (κ2) is 4.97. The van der Waals surface area contributed by atoms with Crippen LogP contribution in [0.15, 0.2) is 24.3 Å². The second-order valence-electron chi connectivity index (χ2n) is 4.44. The van der Waals surface area contributed by atoms with E-state index in [0.29, 0.717) is 23.8 Å². The molecule has 0 unspecified atom stereocenters. The van der Waals surface area contributed by atoms with Crippen LogP contribution in [0, 0.1) is 0 Å². The smallest absolute Gasteiger partial charge is 0.194 e. The van der Waals surface area contributed by atoms with Gasteiger partial charge in [-0.25, -0.2) is 4.98 Å². The zero-order chi connectivity index (χ0) is 14.1. The maximum absolute atomic E-state index is 5.64. The van der Waals surface area contributed by atoms with E-state index in [1.807, 2.05) is 28.8 Å². The molecule has 0 amide bonds. The highest BCUT2D eigenvalue weighted by molar-refractivity contribution is 7.80. The minimum atomic E-state index is 0.411. The number of aromatic nitrogens is 6. The first-order chi connectivity index (χ1) is 9.63. The lowest BCUT2D eigenvalue weighted by Crippen LogP contribution is -2.16. The molecule has 0 atom stereocenters. The van der Waals surface area contributed by atoms with E-state index in [-0.39, 0.29) is 0 Å². The third-order valence-corrected chi connectivity index (χ3v) is 3.06. The Kier molecular flexibility index (Phi) is 3.15. The fourth-order valence-corrected chi connectivity index (χ4v) is 2.25. The maximum Gasteiger partial charge on any atom is 0.194 e. The number of rotatable bonds is 4. The van der Waals surface area contributed by atoms with Gasteiger partial charge in [0.15, 0.2) is 5.82 Å². The van der Waals surface area contributed by atoms with Crippen molar-refractivity contribution in [1.82, 2.24) is 29.8 Å². The summed E-state index contributed by atoms with van der Waals surface area (Å²) in [4.78, 5) is 6.41. The molecular formula is C12H13N7S. The highest BCUT2D eigenvalue weighted by Gasteiger charge is 2.13. The van der Waals surface area contributed by atoms with Gasteiger partial charge in [-0.2, -0.15) is 4.80 Å². The maximum atomic E-state index is 5.64. The van der Waals surface area contributed by atoms with Crippen LogP contribution in [0.1, 0.15) is 11.6 Å². The number of fused-ring (bicyclic) bond motifs is 1. The molecular weight excluding hydrogens is 274 g/mol. The molecule has 3 aromatic rings. The van der Waals surface area contributed by atoms with Crippen LogP contribution in [-0.2, 0) is 20.0 Å². The Morgan fingerprint density at radius 2 is 2.15 bits per heavy atom. The predicted octanol–water partition coefficient (Wildman–Crippen LogP) is 0.437. The van der Waals surface area contributed by atoms with Gasteiger partial charge in [0.2, 0.25) is 0 Å². The average Bonchev–Trinajstić information content (AvgIpc) is 2.95. The molecule has 0 radical (unpaired) electrons. The van der Waals surface area contributed by atoms with E-state index in [2.05, 4.69) is 20.4 Å². The number of nitrogens with zero attached hydrogens (tertiary/aromatic N) is 6. The number of hydrogen-bond acceptors (Lipinski definition) is 5. The zero-order valence-corrected chi connectivity index (χ0v) is 11.7. The summed E-state index contributed by atoms with van der Waals surface area (Å²) in [6, 6.07) is 7.88. The highest BCUT2D eigenvalue weighted by atomic mass is 32.1. The fraction of sp³-hybridized carbons (Fsp3) is 0.250. The minimum Gasteiger partial charge on any atom is -0.393 e. The molecule has 8 heteroatoms. The van der Waals surface area contributed by atoms with Gasteiger partial charge < -0.3 is 10.3 Å². The Bertz CT molecular complexity index is 773. The van der Waals surface area contributed by atoms with Crippen LogP contribution >= 0.6 is 12.2 Å². The zero-order valence-electron chi connectivity index (χ0n) is 10.9. The van der Waals surface area contributed by atoms with Crippen LogP contribution in [0.4, 0.5) is 0 Å². The summed E-state index contributed by atoms with van der Waals surface area (Å²) in [6.07, 6.45) is 0.449. The molecule has 1 aromatic carbocycles. The molecule has 0 aliphatic heterocycles. The first-order valence-electron chi connectivity index (χ1n) is 6.09. The van der Waals surface area contributed by atoms with E-state index < -0.39 is 0 Å². The van der Waals surface area contributed by atoms with Gasteiger partial charge in [0, 0.05) is 0 Å². The second-order valence-corrected chi connectivity index (χ2v) is 4.97. The Labute approximate surface area is 120 Å². The standard InChI is InChI=1S/C12H13N7S/c1-18-16-11(15-17-18)7-19-9-5-3-2-4-8(9)14-12(19)6-10(13)20/h2-5H,6-7H2,1H3,(H2,13,20). The van der Waals surface area contributed by atoms with Gasteiger partial charge in [0.25, 0.3) is 0 Å². The summed E-state index contributed by atoms with van der Waals surface area (Å²) in [5.74, 6) is 1.44. The summed E-state index contributed by atoms with van der Waals surface area (Å²) >= 11 is 4.99. The first kappa shape index (κ1) is 12.7. The molecule has 0 aliphatic rings. The topological polar surface area (TPSA) is 87.4 Å². The van der Waals surface area contributed by atoms with Crippen molar-refractivity contribution in [3.05, 3.63) is 35.9 Å². The van der Waals surface area contributed by atoms with E-state index in [4.69, 9.17) is 18.0 Å². The molecule has 102 valence electrons. The molecule has 20 heavy (non-hydrogen) atoms. The molecule has 2 heterocycles. The Morgan fingerprint density at radius 3 is 2.85 bits per heavy atom. The molecule has 0 spiro atoms. The monoisotopic (exact) mass is 287 g/mol. The van der Waals surface area contributed by atoms with Crippen LogP contribution in [-0.4, -0.2) is 34.7 Å². The molecule has 0 saturated carbocycles. The lowest BCUT2D eigenvalue weighted by molar-refractivity contribution is 0.624. The van der Waals surface area contributed by atoms with Gasteiger partial charge >= 0.3 is 0 Å². The fourth-order valence-electron chi connectivity index (χ4n) is 2.12. The largest absolute Gasteiger partial charge is 0.393 e. The third-order valence-electron chi connectivity index (χ3n) is 2.92. The van der Waals surface area contributed by atoms with Gasteiger partial charge in [-0.05, 0) is 17.3 Å². The molecule has 0 bridgehead atoms. The van der Waals surface area contributed by atoms with Crippen molar-refractivity contribution in [2.24, 2.45) is 12.8 Å². The summed E-state index contributed by atoms with van der Waals surface area (Å²) < 4.78 is 2.02. The van der Waals surface area contributed by atoms with Crippen LogP contribution in [0.5, 0.6) is 0 Å². The number of para-hydroxylation sites is 2. The molecule has 3 rings (SSSR count). The lowest BCUT2D eigenvalue weighted by Gasteiger charge is -2.05. The van der Waals surface area contributed by atoms with Gasteiger partial charge in [-0.1, -0.05) is 24.4 Å². The quantitative estimate of drug-likeness (QED) is 0.700. The molecule has 0 aliphatic carbocycles. The van der Waals surface area contributed by atoms with E-state index in [0.717, 1.165) is 16.9 Å². The first-order valence-corrected chi connectivity index (χ1v) is 6.49. The number of nitrogens with two attached hydrogens (primary N) is 1. The van der Waals surface area contributed by atoms with Crippen molar-refractivity contribution in [3.8, 4) is 0 Å². The van der Waals surface area contributed by atoms with Gasteiger partial charge in [-0.15, -0.1) is 10.2 Å². The molecule has 0 fully saturated rings. The van der Waals surface area contributed by atoms with Crippen molar-refractivity contribution in [3.63, 3.8) is 0 Å². The molecule has 2 N–H and O–H groups in total. The number of hydrogen-bond donors (Lipinski definition) is 1. The van der Waals surface area contributed by atoms with Crippen LogP contribution in [0.2, 0.25) is 0 Å². The number of aryl methyl sites for hydroxylation is 1. The average molecular weight is 287 g/mol. The number of thiocarbonyl (C=S) groups is 1. The van der Waals surface area contributed by atoms with Crippen molar-refractivity contribution >= 4 is 28.2 Å². The van der Waals surface area contributed by atoms with E-state index in [1.165, 1.54) is 4.80 Å². The Morgan fingerprint density at radius 1 is 1.35 bits per heavy atom. The van der Waals surface area contributed by atoms with Crippen LogP contribution < -0.4 is 5.73 Å². The number of imidazole rings is 1. The van der Waals surface area contributed by atoms with E-state index >= 15 is 0 Å². The van der Waals surface area contributed by atoms with Gasteiger partial charge in [-0.3, -0.25) is 0 Å².